The summed E-state index contributed by atoms with van der Waals surface area (Å²) in [7, 11) is 3.54. The van der Waals surface area contributed by atoms with E-state index in [0.29, 0.717) is 5.11 Å². The van der Waals surface area contributed by atoms with E-state index in [0.717, 1.165) is 33.7 Å². The maximum Gasteiger partial charge on any atom is 0.194 e. The number of hydrogen-bond donors (Lipinski definition) is 1. The van der Waals surface area contributed by atoms with Crippen LogP contribution in [-0.4, -0.2) is 30.0 Å². The zero-order valence-electron chi connectivity index (χ0n) is 13.4. The van der Waals surface area contributed by atoms with Crippen molar-refractivity contribution in [3.63, 3.8) is 0 Å². The summed E-state index contributed by atoms with van der Waals surface area (Å²) in [6.07, 6.45) is 0. The molecule has 0 amide bonds. The second kappa shape index (κ2) is 5.46. The Morgan fingerprint density at radius 3 is 2.62 bits per heavy atom. The molecule has 0 aromatic heterocycles. The first-order valence-corrected chi connectivity index (χ1v) is 8.08. The van der Waals surface area contributed by atoms with Crippen LogP contribution in [-0.2, 0) is 0 Å². The van der Waals surface area contributed by atoms with Crippen molar-refractivity contribution in [1.29, 1.82) is 0 Å². The number of ether oxygens (including phenoxy) is 1. The van der Waals surface area contributed by atoms with Gasteiger partial charge in [0.05, 0.1) is 24.4 Å². The Morgan fingerprint density at radius 1 is 1.12 bits per heavy atom. The Bertz CT molecular complexity index is 904. The molecule has 0 saturated carbocycles. The number of nitrogens with zero attached hydrogens (tertiary/aromatic N) is 1. The molecule has 4 rings (SSSR count). The summed E-state index contributed by atoms with van der Waals surface area (Å²) in [5.74, 6) is 0.811. The normalized spacial score (nSPS) is 19.1. The Morgan fingerprint density at radius 2 is 1.88 bits per heavy atom. The summed E-state index contributed by atoms with van der Waals surface area (Å²) in [4.78, 5) is 14.9. The van der Waals surface area contributed by atoms with Gasteiger partial charge in [0, 0.05) is 18.2 Å². The van der Waals surface area contributed by atoms with Gasteiger partial charge in [-0.15, -0.1) is 0 Å². The van der Waals surface area contributed by atoms with Gasteiger partial charge < -0.3 is 15.0 Å². The summed E-state index contributed by atoms with van der Waals surface area (Å²) < 4.78 is 5.34. The number of likely N-dealkylation sites (N-methyl/N-ethyl adjacent to an activating group) is 1. The van der Waals surface area contributed by atoms with E-state index in [9.17, 15) is 4.79 Å². The molecule has 1 heterocycles. The lowest BCUT2D eigenvalue weighted by molar-refractivity contribution is 0.102. The average Bonchev–Trinajstić information content (AvgIpc) is 2.89. The molecule has 1 aliphatic carbocycles. The van der Waals surface area contributed by atoms with Crippen molar-refractivity contribution < 1.29 is 9.53 Å². The van der Waals surface area contributed by atoms with E-state index in [1.807, 2.05) is 60.5 Å². The highest BCUT2D eigenvalue weighted by Gasteiger charge is 2.41. The van der Waals surface area contributed by atoms with Crippen LogP contribution in [0, 0.1) is 0 Å². The first-order chi connectivity index (χ1) is 11.6. The van der Waals surface area contributed by atoms with E-state index in [4.69, 9.17) is 17.0 Å². The topological polar surface area (TPSA) is 41.6 Å². The molecule has 5 heteroatoms. The molecule has 1 atom stereocenters. The summed E-state index contributed by atoms with van der Waals surface area (Å²) in [5.41, 5.74) is 4.18. The van der Waals surface area contributed by atoms with Crippen LogP contribution in [0.4, 0.5) is 0 Å². The van der Waals surface area contributed by atoms with Crippen LogP contribution in [0.5, 0.6) is 5.75 Å². The monoisotopic (exact) mass is 336 g/mol. The van der Waals surface area contributed by atoms with Gasteiger partial charge in [-0.05, 0) is 29.9 Å². The molecule has 0 bridgehead atoms. The number of hydrogen-bond acceptors (Lipinski definition) is 3. The van der Waals surface area contributed by atoms with Crippen molar-refractivity contribution in [2.45, 2.75) is 6.04 Å². The number of carbonyl (C=O) groups excluding carboxylic acids is 1. The van der Waals surface area contributed by atoms with Crippen molar-refractivity contribution in [2.75, 3.05) is 14.2 Å². The molecule has 0 saturated heterocycles. The predicted octanol–water partition coefficient (Wildman–Crippen LogP) is 3.16. The first-order valence-electron chi connectivity index (χ1n) is 7.68. The summed E-state index contributed by atoms with van der Waals surface area (Å²) in [6, 6.07) is 15.2. The number of ketones is 1. The highest BCUT2D eigenvalue weighted by Crippen LogP contribution is 2.43. The highest BCUT2D eigenvalue weighted by atomic mass is 32.1. The van der Waals surface area contributed by atoms with Crippen LogP contribution in [0.25, 0.3) is 5.70 Å². The molecule has 0 fully saturated rings. The largest absolute Gasteiger partial charge is 0.497 e. The second-order valence-electron chi connectivity index (χ2n) is 5.88. The van der Waals surface area contributed by atoms with Gasteiger partial charge in [-0.25, -0.2) is 0 Å². The van der Waals surface area contributed by atoms with E-state index < -0.39 is 0 Å². The van der Waals surface area contributed by atoms with Crippen molar-refractivity contribution >= 4 is 28.8 Å². The lowest BCUT2D eigenvalue weighted by Crippen LogP contribution is -2.44. The lowest BCUT2D eigenvalue weighted by atomic mass is 9.93. The summed E-state index contributed by atoms with van der Waals surface area (Å²) in [5, 5.41) is 3.83. The van der Waals surface area contributed by atoms with Crippen molar-refractivity contribution in [2.24, 2.45) is 0 Å². The van der Waals surface area contributed by atoms with Gasteiger partial charge in [-0.1, -0.05) is 36.4 Å². The minimum Gasteiger partial charge on any atom is -0.497 e. The minimum atomic E-state index is -0.233. The molecule has 120 valence electrons. The molecule has 1 unspecified atom stereocenters. The first kappa shape index (κ1) is 14.9. The maximum absolute atomic E-state index is 13.0. The Labute approximate surface area is 145 Å². The third kappa shape index (κ3) is 2.05. The molecular formula is C19H16N2O2S. The van der Waals surface area contributed by atoms with E-state index >= 15 is 0 Å². The van der Waals surface area contributed by atoms with E-state index in [-0.39, 0.29) is 11.8 Å². The molecule has 24 heavy (non-hydrogen) atoms. The zero-order chi connectivity index (χ0) is 16.8. The number of carbonyl (C=O) groups is 1. The maximum atomic E-state index is 13.0. The number of methoxy groups -OCH3 is 1. The van der Waals surface area contributed by atoms with E-state index in [1.165, 1.54) is 0 Å². The van der Waals surface area contributed by atoms with Gasteiger partial charge in [0.1, 0.15) is 5.75 Å². The number of thiocarbonyl (C=S) groups is 1. The Kier molecular flexibility index (Phi) is 3.39. The van der Waals surface area contributed by atoms with Gasteiger partial charge >= 0.3 is 0 Å². The van der Waals surface area contributed by atoms with Crippen LogP contribution in [0.2, 0.25) is 0 Å². The van der Waals surface area contributed by atoms with Crippen molar-refractivity contribution in [3.05, 3.63) is 70.8 Å². The standard InChI is InChI=1S/C19H16N2O2S/c1-21-17(11-6-5-7-12(10-11)23-2)15-16(20-19(21)24)13-8-3-4-9-14(13)18(15)22/h3-10,17H,1-2H3,(H,20,24). The van der Waals surface area contributed by atoms with Gasteiger partial charge in [-0.2, -0.15) is 0 Å². The molecular weight excluding hydrogens is 320 g/mol. The summed E-state index contributed by atoms with van der Waals surface area (Å²) in [6.45, 7) is 0. The van der Waals surface area contributed by atoms with Gasteiger partial charge in [0.15, 0.2) is 10.9 Å². The predicted molar refractivity (Wildman–Crippen MR) is 96.9 cm³/mol. The van der Waals surface area contributed by atoms with E-state index in [2.05, 4.69) is 5.32 Å². The molecule has 0 spiro atoms. The number of benzene rings is 2. The number of rotatable bonds is 2. The van der Waals surface area contributed by atoms with E-state index in [1.54, 1.807) is 7.11 Å². The lowest BCUT2D eigenvalue weighted by Gasteiger charge is -2.36. The second-order valence-corrected chi connectivity index (χ2v) is 6.27. The molecule has 2 aliphatic rings. The SMILES string of the molecule is COc1cccc(C2C3=C(NC(=S)N2C)c2ccccc2C3=O)c1. The fraction of sp³-hybridized carbons (Fsp3) is 0.158. The number of nitrogens with one attached hydrogen (secondary N) is 1. The van der Waals surface area contributed by atoms with Crippen LogP contribution >= 0.6 is 12.2 Å². The van der Waals surface area contributed by atoms with Crippen molar-refractivity contribution in [3.8, 4) is 5.75 Å². The highest BCUT2D eigenvalue weighted by molar-refractivity contribution is 7.80. The smallest absolute Gasteiger partial charge is 0.194 e. The van der Waals surface area contributed by atoms with Crippen LogP contribution in [0.1, 0.15) is 27.5 Å². The average molecular weight is 336 g/mol. The minimum absolute atomic E-state index is 0.0512. The fourth-order valence-electron chi connectivity index (χ4n) is 3.41. The molecule has 1 N–H and O–H groups in total. The third-order valence-corrected chi connectivity index (χ3v) is 4.97. The molecule has 0 radical (unpaired) electrons. The zero-order valence-corrected chi connectivity index (χ0v) is 14.2. The molecule has 2 aromatic rings. The van der Waals surface area contributed by atoms with Crippen LogP contribution < -0.4 is 10.1 Å². The number of fused-ring (bicyclic) bond motifs is 2. The van der Waals surface area contributed by atoms with Gasteiger partial charge in [-0.3, -0.25) is 4.79 Å². The fourth-order valence-corrected chi connectivity index (χ4v) is 3.61. The van der Waals surface area contributed by atoms with Crippen LogP contribution in [0.3, 0.4) is 0 Å². The Balaban J connectivity index is 1.91. The quantitative estimate of drug-likeness (QED) is 0.853. The van der Waals surface area contributed by atoms with Crippen molar-refractivity contribution in [1.82, 2.24) is 10.2 Å². The van der Waals surface area contributed by atoms with Gasteiger partial charge in [0.25, 0.3) is 0 Å². The Hall–Kier alpha value is -2.66. The van der Waals surface area contributed by atoms with Crippen LogP contribution in [0.15, 0.2) is 54.1 Å². The van der Waals surface area contributed by atoms with Gasteiger partial charge in [0.2, 0.25) is 0 Å². The third-order valence-electron chi connectivity index (χ3n) is 4.58. The molecule has 4 nitrogen and oxygen atoms in total. The molecule has 2 aromatic carbocycles. The summed E-state index contributed by atoms with van der Waals surface area (Å²) >= 11 is 5.50. The molecule has 1 aliphatic heterocycles. The number of Topliss-reactive ketones (excluding diaryl/α,β-unsaturated/α-hetero) is 1.